The molecule has 0 spiro atoms. The van der Waals surface area contributed by atoms with E-state index in [0.29, 0.717) is 18.8 Å². The van der Waals surface area contributed by atoms with Gasteiger partial charge >= 0.3 is 5.97 Å². The zero-order valence-electron chi connectivity index (χ0n) is 14.2. The van der Waals surface area contributed by atoms with Gasteiger partial charge in [0.05, 0.1) is 24.3 Å². The highest BCUT2D eigenvalue weighted by Crippen LogP contribution is 2.41. The van der Waals surface area contributed by atoms with Crippen LogP contribution in [-0.4, -0.2) is 25.2 Å². The predicted molar refractivity (Wildman–Crippen MR) is 88.0 cm³/mol. The molecule has 0 amide bonds. The number of hydrogen-bond acceptors (Lipinski definition) is 5. The minimum absolute atomic E-state index is 0.0637. The molecule has 124 valence electrons. The van der Waals surface area contributed by atoms with Gasteiger partial charge in [-0.15, -0.1) is 0 Å². The lowest BCUT2D eigenvalue weighted by molar-refractivity contribution is -0.144. The van der Waals surface area contributed by atoms with Gasteiger partial charge in [-0.2, -0.15) is 5.26 Å². The number of rotatable bonds is 5. The molecule has 2 rings (SSSR count). The molecule has 1 heterocycles. The van der Waals surface area contributed by atoms with Crippen molar-refractivity contribution in [3.05, 3.63) is 29.3 Å². The summed E-state index contributed by atoms with van der Waals surface area (Å²) < 4.78 is 11.1. The number of benzene rings is 1. The zero-order valence-corrected chi connectivity index (χ0v) is 14.2. The van der Waals surface area contributed by atoms with E-state index >= 15 is 0 Å². The van der Waals surface area contributed by atoms with Gasteiger partial charge in [0.15, 0.2) is 0 Å². The molecule has 0 bridgehead atoms. The van der Waals surface area contributed by atoms with Crippen LogP contribution in [0.3, 0.4) is 0 Å². The molecule has 1 aromatic rings. The Kier molecular flexibility index (Phi) is 5.27. The molecule has 1 aliphatic rings. The van der Waals surface area contributed by atoms with E-state index in [2.05, 4.69) is 25.2 Å². The number of anilines is 1. The van der Waals surface area contributed by atoms with Crippen LogP contribution in [0.15, 0.2) is 18.2 Å². The van der Waals surface area contributed by atoms with E-state index in [1.807, 2.05) is 19.1 Å². The topological polar surface area (TPSA) is 71.3 Å². The number of carbonyl (C=O) groups excluding carboxylic acids is 1. The molecule has 1 aliphatic heterocycles. The number of carbonyl (C=O) groups is 1. The molecule has 0 saturated carbocycles. The molecule has 23 heavy (non-hydrogen) atoms. The van der Waals surface area contributed by atoms with E-state index < -0.39 is 0 Å². The minimum Gasteiger partial charge on any atom is -0.465 e. The first-order chi connectivity index (χ1) is 10.9. The van der Waals surface area contributed by atoms with Gasteiger partial charge in [-0.05, 0) is 31.5 Å². The Morgan fingerprint density at radius 2 is 2.22 bits per heavy atom. The Bertz CT molecular complexity index is 619. The van der Waals surface area contributed by atoms with E-state index in [9.17, 15) is 4.79 Å². The van der Waals surface area contributed by atoms with Crippen LogP contribution in [0.25, 0.3) is 0 Å². The maximum Gasteiger partial charge on any atom is 0.302 e. The summed E-state index contributed by atoms with van der Waals surface area (Å²) >= 11 is 0. The fourth-order valence-corrected chi connectivity index (χ4v) is 2.88. The minimum atomic E-state index is -0.269. The number of nitrogens with zero attached hydrogens (tertiary/aromatic N) is 1. The molecule has 2 atom stereocenters. The lowest BCUT2D eigenvalue weighted by Crippen LogP contribution is -2.43. The summed E-state index contributed by atoms with van der Waals surface area (Å²) in [5.41, 5.74) is 2.40. The summed E-state index contributed by atoms with van der Waals surface area (Å²) in [6.45, 7) is 8.50. The van der Waals surface area contributed by atoms with Crippen molar-refractivity contribution in [1.82, 2.24) is 0 Å². The van der Waals surface area contributed by atoms with Gasteiger partial charge in [0.2, 0.25) is 0 Å². The summed E-state index contributed by atoms with van der Waals surface area (Å²) in [6.07, 6.45) is 0.704. The van der Waals surface area contributed by atoms with Crippen molar-refractivity contribution in [3.63, 3.8) is 0 Å². The monoisotopic (exact) mass is 316 g/mol. The number of ether oxygens (including phenoxy) is 2. The van der Waals surface area contributed by atoms with Crippen LogP contribution in [0.5, 0.6) is 0 Å². The van der Waals surface area contributed by atoms with Crippen molar-refractivity contribution in [3.8, 4) is 6.07 Å². The second-order valence-corrected chi connectivity index (χ2v) is 6.56. The maximum absolute atomic E-state index is 11.1. The summed E-state index contributed by atoms with van der Waals surface area (Å²) in [5, 5.41) is 12.6. The van der Waals surface area contributed by atoms with Crippen LogP contribution in [0.2, 0.25) is 0 Å². The Hall–Kier alpha value is -2.06. The molecule has 1 aromatic carbocycles. The summed E-state index contributed by atoms with van der Waals surface area (Å²) in [6, 6.07) is 7.90. The van der Waals surface area contributed by atoms with Crippen molar-refractivity contribution in [2.75, 3.05) is 18.5 Å². The van der Waals surface area contributed by atoms with Gasteiger partial charge in [-0.1, -0.05) is 13.8 Å². The van der Waals surface area contributed by atoms with Crippen LogP contribution in [0, 0.1) is 16.7 Å². The highest BCUT2D eigenvalue weighted by atomic mass is 16.5. The summed E-state index contributed by atoms with van der Waals surface area (Å²) in [7, 11) is 0. The average Bonchev–Trinajstić information content (AvgIpc) is 2.52. The number of nitrogens with one attached hydrogen (secondary N) is 1. The van der Waals surface area contributed by atoms with Crippen molar-refractivity contribution >= 4 is 11.7 Å². The van der Waals surface area contributed by atoms with Crippen LogP contribution < -0.4 is 5.32 Å². The normalized spacial score (nSPS) is 20.1. The molecule has 0 fully saturated rings. The van der Waals surface area contributed by atoms with Gasteiger partial charge in [0, 0.05) is 36.2 Å². The third-order valence-corrected chi connectivity index (χ3v) is 4.27. The Morgan fingerprint density at radius 3 is 2.83 bits per heavy atom. The lowest BCUT2D eigenvalue weighted by atomic mass is 9.78. The number of esters is 1. The third kappa shape index (κ3) is 4.02. The smallest absolute Gasteiger partial charge is 0.302 e. The highest BCUT2D eigenvalue weighted by molar-refractivity contribution is 5.66. The van der Waals surface area contributed by atoms with Gasteiger partial charge in [-0.3, -0.25) is 4.79 Å². The fourth-order valence-electron chi connectivity index (χ4n) is 2.88. The standard InChI is InChI=1S/C18H24N2O3/c1-5-22-16-9-17(18(3,4)11-23-12(2)21)20-15-7-6-13(10-19)8-14(15)16/h6-8,16-17,20H,5,9,11H2,1-4H3. The van der Waals surface area contributed by atoms with Crippen LogP contribution in [-0.2, 0) is 14.3 Å². The van der Waals surface area contributed by atoms with Crippen LogP contribution in [0.1, 0.15) is 51.3 Å². The van der Waals surface area contributed by atoms with Crippen molar-refractivity contribution in [2.24, 2.45) is 5.41 Å². The Balaban J connectivity index is 2.26. The van der Waals surface area contributed by atoms with E-state index in [0.717, 1.165) is 17.7 Å². The molecule has 0 aliphatic carbocycles. The molecule has 5 nitrogen and oxygen atoms in total. The summed E-state index contributed by atoms with van der Waals surface area (Å²) in [4.78, 5) is 11.1. The van der Waals surface area contributed by atoms with E-state index in [1.54, 1.807) is 6.07 Å². The number of fused-ring (bicyclic) bond motifs is 1. The molecule has 1 N–H and O–H groups in total. The number of nitriles is 1. The molecular weight excluding hydrogens is 292 g/mol. The Labute approximate surface area is 137 Å². The Morgan fingerprint density at radius 1 is 1.48 bits per heavy atom. The molecule has 5 heteroatoms. The largest absolute Gasteiger partial charge is 0.465 e. The van der Waals surface area contributed by atoms with Gasteiger partial charge in [0.1, 0.15) is 0 Å². The first-order valence-corrected chi connectivity index (χ1v) is 7.93. The van der Waals surface area contributed by atoms with Crippen molar-refractivity contribution in [2.45, 2.75) is 46.3 Å². The fraction of sp³-hybridized carbons (Fsp3) is 0.556. The summed E-state index contributed by atoms with van der Waals surface area (Å²) in [5.74, 6) is -0.269. The van der Waals surface area contributed by atoms with Crippen molar-refractivity contribution in [1.29, 1.82) is 5.26 Å². The highest BCUT2D eigenvalue weighted by Gasteiger charge is 2.37. The maximum atomic E-state index is 11.1. The van der Waals surface area contributed by atoms with Gasteiger partial charge < -0.3 is 14.8 Å². The molecule has 0 aromatic heterocycles. The molecule has 2 unspecified atom stereocenters. The van der Waals surface area contributed by atoms with E-state index in [4.69, 9.17) is 14.7 Å². The van der Waals surface area contributed by atoms with Crippen molar-refractivity contribution < 1.29 is 14.3 Å². The lowest BCUT2D eigenvalue weighted by Gasteiger charge is -2.41. The van der Waals surface area contributed by atoms with E-state index in [-0.39, 0.29) is 23.5 Å². The second kappa shape index (κ2) is 7.01. The van der Waals surface area contributed by atoms with Gasteiger partial charge in [-0.25, -0.2) is 0 Å². The third-order valence-electron chi connectivity index (χ3n) is 4.27. The first kappa shape index (κ1) is 17.3. The van der Waals surface area contributed by atoms with Crippen LogP contribution in [0.4, 0.5) is 5.69 Å². The zero-order chi connectivity index (χ0) is 17.0. The number of hydrogen-bond donors (Lipinski definition) is 1. The molecule has 0 saturated heterocycles. The second-order valence-electron chi connectivity index (χ2n) is 6.56. The van der Waals surface area contributed by atoms with E-state index in [1.165, 1.54) is 6.92 Å². The average molecular weight is 316 g/mol. The molecule has 0 radical (unpaired) electrons. The van der Waals surface area contributed by atoms with Gasteiger partial charge in [0.25, 0.3) is 0 Å². The van der Waals surface area contributed by atoms with Crippen LogP contribution >= 0.6 is 0 Å². The quantitative estimate of drug-likeness (QED) is 0.843. The first-order valence-electron chi connectivity index (χ1n) is 7.93. The SMILES string of the molecule is CCOC1CC(C(C)(C)COC(C)=O)Nc2ccc(C#N)cc21. The molecular formula is C18H24N2O3. The predicted octanol–water partition coefficient (Wildman–Crippen LogP) is 3.41.